The van der Waals surface area contributed by atoms with E-state index >= 15 is 0 Å². The van der Waals surface area contributed by atoms with E-state index in [0.717, 1.165) is 18.9 Å². The summed E-state index contributed by atoms with van der Waals surface area (Å²) in [5.74, 6) is 1.00. The number of halogens is 1. The zero-order valence-electron chi connectivity index (χ0n) is 10.2. The Balaban J connectivity index is 1.69. The van der Waals surface area contributed by atoms with Crippen LogP contribution < -0.4 is 8.43 Å². The topological polar surface area (TPSA) is 12.5 Å². The number of hydrogen-bond acceptors (Lipinski definition) is 2. The molecule has 1 aliphatic heterocycles. The van der Waals surface area contributed by atoms with Crippen molar-refractivity contribution in [2.45, 2.75) is 19.3 Å². The molecular weight excluding hydrogens is 290 g/mol. The quantitative estimate of drug-likeness (QED) is 0.773. The predicted octanol–water partition coefficient (Wildman–Crippen LogP) is 2.19. The minimum atomic E-state index is -0.211. The normalized spacial score (nSPS) is 16.5. The summed E-state index contributed by atoms with van der Waals surface area (Å²) in [5.41, 5.74) is 0. The molecule has 2 nitrogen and oxygen atoms in total. The number of benzene rings is 1. The van der Waals surface area contributed by atoms with Crippen molar-refractivity contribution in [2.24, 2.45) is 0 Å². The number of likely N-dealkylation sites (tertiary alicyclic amines) is 1. The van der Waals surface area contributed by atoms with Crippen molar-refractivity contribution < 1.29 is 4.74 Å². The van der Waals surface area contributed by atoms with Gasteiger partial charge in [-0.1, -0.05) is 18.6 Å². The molecule has 1 fully saturated rings. The summed E-state index contributed by atoms with van der Waals surface area (Å²) >= 11 is 3.37. The summed E-state index contributed by atoms with van der Waals surface area (Å²) in [7, 11) is 0. The molecule has 2 rings (SSSR count). The second-order valence-electron chi connectivity index (χ2n) is 4.53. The Kier molecular flexibility index (Phi) is 6.12. The standard InChI is InChI=1S/C13H18NO.BrH.Mg/c1-3-7-13(8-4-1)15-12-11-14-9-5-2-6-10-14;;/h3-4,7-8H,2,5-6,9-12H2;1H;/q;;+1/p-1. The molecule has 1 heterocycles. The zero-order chi connectivity index (χ0) is 11.9. The third-order valence-corrected chi connectivity index (χ3v) is 5.93. The zero-order valence-corrected chi connectivity index (χ0v) is 13.2. The van der Waals surface area contributed by atoms with E-state index in [1.165, 1.54) is 36.0 Å². The van der Waals surface area contributed by atoms with Gasteiger partial charge >= 0.3 is 18.2 Å². The summed E-state index contributed by atoms with van der Waals surface area (Å²) in [6, 6.07) is 8.49. The lowest BCUT2D eigenvalue weighted by atomic mass is 10.1. The molecule has 1 aliphatic rings. The first-order valence-electron chi connectivity index (χ1n) is 6.38. The predicted molar refractivity (Wildman–Crippen MR) is 76.5 cm³/mol. The molecule has 0 amide bonds. The maximum absolute atomic E-state index is 5.77. The van der Waals surface area contributed by atoms with Gasteiger partial charge in [0.1, 0.15) is 12.4 Å². The van der Waals surface area contributed by atoms with Gasteiger partial charge in [-0.25, -0.2) is 0 Å². The third-order valence-electron chi connectivity index (χ3n) is 3.20. The molecule has 0 atom stereocenters. The minimum absolute atomic E-state index is 0.211. The van der Waals surface area contributed by atoms with Crippen molar-refractivity contribution in [1.29, 1.82) is 0 Å². The molecular formula is C13H18BrMgNO. The third kappa shape index (κ3) is 4.77. The monoisotopic (exact) mass is 307 g/mol. The highest BCUT2D eigenvalue weighted by Gasteiger charge is 2.09. The van der Waals surface area contributed by atoms with Crippen LogP contribution in [0.2, 0.25) is 0 Å². The molecule has 1 saturated heterocycles. The molecule has 0 aliphatic carbocycles. The van der Waals surface area contributed by atoms with Gasteiger partial charge in [0.25, 0.3) is 0 Å². The van der Waals surface area contributed by atoms with Gasteiger partial charge in [-0.05, 0) is 38.1 Å². The first kappa shape index (κ1) is 13.7. The molecule has 1 aromatic carbocycles. The van der Waals surface area contributed by atoms with Crippen LogP contribution in [0.5, 0.6) is 5.75 Å². The summed E-state index contributed by atoms with van der Waals surface area (Å²) in [6.45, 7) is 4.37. The van der Waals surface area contributed by atoms with Crippen LogP contribution in [0.15, 0.2) is 24.3 Å². The largest absolute Gasteiger partial charge is 0.506 e. The highest BCUT2D eigenvalue weighted by Crippen LogP contribution is 2.10. The second-order valence-corrected chi connectivity index (χ2v) is 7.29. The number of piperidine rings is 1. The molecule has 0 spiro atoms. The second kappa shape index (κ2) is 7.62. The number of ether oxygens (including phenoxy) is 1. The van der Waals surface area contributed by atoms with Crippen LogP contribution in [-0.2, 0) is 0 Å². The average molecular weight is 309 g/mol. The van der Waals surface area contributed by atoms with E-state index in [1.54, 1.807) is 0 Å². The number of rotatable bonds is 5. The van der Waals surface area contributed by atoms with E-state index in [-0.39, 0.29) is 18.2 Å². The van der Waals surface area contributed by atoms with E-state index in [0.29, 0.717) is 0 Å². The maximum atomic E-state index is 5.77. The fourth-order valence-corrected chi connectivity index (χ4v) is 3.69. The van der Waals surface area contributed by atoms with Crippen molar-refractivity contribution >= 4 is 34.8 Å². The van der Waals surface area contributed by atoms with Crippen molar-refractivity contribution in [3.63, 3.8) is 0 Å². The number of nitrogens with zero attached hydrogens (tertiary/aromatic N) is 1. The lowest BCUT2D eigenvalue weighted by Gasteiger charge is -2.26. The Morgan fingerprint density at radius 2 is 1.82 bits per heavy atom. The van der Waals surface area contributed by atoms with Gasteiger partial charge in [0.2, 0.25) is 0 Å². The Morgan fingerprint density at radius 1 is 1.12 bits per heavy atom. The van der Waals surface area contributed by atoms with Gasteiger partial charge in [-0.15, -0.1) is 0 Å². The van der Waals surface area contributed by atoms with Crippen LogP contribution in [0.25, 0.3) is 0 Å². The van der Waals surface area contributed by atoms with Gasteiger partial charge in [-0.2, -0.15) is 3.69 Å². The summed E-state index contributed by atoms with van der Waals surface area (Å²) < 4.78 is 7.19. The molecule has 0 N–H and O–H groups in total. The first-order valence-corrected chi connectivity index (χ1v) is 11.0. The molecule has 90 valence electrons. The van der Waals surface area contributed by atoms with Crippen LogP contribution >= 0.6 is 12.9 Å². The van der Waals surface area contributed by atoms with Crippen LogP contribution in [0.3, 0.4) is 0 Å². The fourth-order valence-electron chi connectivity index (χ4n) is 2.15. The molecule has 0 bridgehead atoms. The molecule has 0 radical (unpaired) electrons. The van der Waals surface area contributed by atoms with Crippen molar-refractivity contribution in [2.75, 3.05) is 26.2 Å². The Morgan fingerprint density at radius 3 is 2.47 bits per heavy atom. The van der Waals surface area contributed by atoms with Crippen molar-refractivity contribution in [3.8, 4) is 5.75 Å². The van der Waals surface area contributed by atoms with E-state index in [2.05, 4.69) is 42.0 Å². The van der Waals surface area contributed by atoms with Gasteiger partial charge in [0.15, 0.2) is 0 Å². The van der Waals surface area contributed by atoms with E-state index < -0.39 is 0 Å². The van der Waals surface area contributed by atoms with Crippen molar-refractivity contribution in [3.05, 3.63) is 24.3 Å². The Hall–Kier alpha value is 0.226. The van der Waals surface area contributed by atoms with Crippen LogP contribution in [0.1, 0.15) is 19.3 Å². The molecule has 0 saturated carbocycles. The smallest absolute Gasteiger partial charge is 0.492 e. The van der Waals surface area contributed by atoms with E-state index in [9.17, 15) is 0 Å². The highest BCUT2D eigenvalue weighted by molar-refractivity contribution is 9.23. The Bertz CT molecular complexity index is 325. The molecule has 1 aromatic rings. The lowest BCUT2D eigenvalue weighted by Crippen LogP contribution is -2.33. The first-order chi connectivity index (χ1) is 8.38. The summed E-state index contributed by atoms with van der Waals surface area (Å²) in [4.78, 5) is 2.50. The summed E-state index contributed by atoms with van der Waals surface area (Å²) in [6.07, 6.45) is 4.10. The van der Waals surface area contributed by atoms with E-state index in [1.807, 2.05) is 0 Å². The van der Waals surface area contributed by atoms with Gasteiger partial charge in [0, 0.05) is 6.54 Å². The Labute approximate surface area is 119 Å². The fraction of sp³-hybridized carbons (Fsp3) is 0.538. The van der Waals surface area contributed by atoms with Crippen LogP contribution in [0, 0.1) is 0 Å². The highest BCUT2D eigenvalue weighted by atomic mass is 79.9. The van der Waals surface area contributed by atoms with Gasteiger partial charge in [-0.3, -0.25) is 17.8 Å². The van der Waals surface area contributed by atoms with Gasteiger partial charge < -0.3 is 4.74 Å². The molecule has 17 heavy (non-hydrogen) atoms. The molecule has 4 heteroatoms. The van der Waals surface area contributed by atoms with E-state index in [4.69, 9.17) is 4.74 Å². The van der Waals surface area contributed by atoms with Crippen molar-refractivity contribution in [1.82, 2.24) is 4.90 Å². The maximum Gasteiger partial charge on any atom is 0.506 e. The van der Waals surface area contributed by atoms with Gasteiger partial charge in [0.05, 0.1) is 0 Å². The number of hydrogen-bond donors (Lipinski definition) is 0. The lowest BCUT2D eigenvalue weighted by molar-refractivity contribution is 0.183. The molecule has 0 unspecified atom stereocenters. The average Bonchev–Trinajstić information content (AvgIpc) is 2.41. The molecule has 0 aromatic heterocycles. The SMILES string of the molecule is [Br][Mg][c]1ccc(OCCN2CCCCC2)cc1. The van der Waals surface area contributed by atoms with Crippen LogP contribution in [0.4, 0.5) is 0 Å². The minimum Gasteiger partial charge on any atom is -0.492 e. The summed E-state index contributed by atoms with van der Waals surface area (Å²) in [5, 5.41) is 0. The van der Waals surface area contributed by atoms with Crippen LogP contribution in [-0.4, -0.2) is 49.3 Å².